The topological polar surface area (TPSA) is 60.1 Å². The zero-order valence-corrected chi connectivity index (χ0v) is 9.93. The van der Waals surface area contributed by atoms with Gasteiger partial charge in [-0.2, -0.15) is 5.10 Å². The summed E-state index contributed by atoms with van der Waals surface area (Å²) < 4.78 is 6.88. The van der Waals surface area contributed by atoms with Gasteiger partial charge in [-0.1, -0.05) is 0 Å². The van der Waals surface area contributed by atoms with E-state index in [9.17, 15) is 4.79 Å². The third-order valence-corrected chi connectivity index (χ3v) is 2.46. The molecule has 0 atom stereocenters. The third-order valence-electron chi connectivity index (χ3n) is 2.46. The molecule has 2 aromatic rings. The quantitative estimate of drug-likeness (QED) is 0.874. The van der Waals surface area contributed by atoms with Crippen LogP contribution in [0.1, 0.15) is 28.9 Å². The van der Waals surface area contributed by atoms with E-state index in [1.54, 1.807) is 12.1 Å². The van der Waals surface area contributed by atoms with Crippen LogP contribution in [-0.4, -0.2) is 15.7 Å². The van der Waals surface area contributed by atoms with Gasteiger partial charge < -0.3 is 9.73 Å². The van der Waals surface area contributed by atoms with Gasteiger partial charge >= 0.3 is 0 Å². The summed E-state index contributed by atoms with van der Waals surface area (Å²) in [6.07, 6.45) is 1.48. The van der Waals surface area contributed by atoms with E-state index < -0.39 is 0 Å². The van der Waals surface area contributed by atoms with Gasteiger partial charge in [-0.05, 0) is 32.0 Å². The maximum atomic E-state index is 11.7. The lowest BCUT2D eigenvalue weighted by atomic mass is 10.3. The Morgan fingerprint density at radius 3 is 3.06 bits per heavy atom. The fourth-order valence-electron chi connectivity index (χ4n) is 1.68. The number of carbonyl (C=O) groups excluding carboxylic acids is 1. The Kier molecular flexibility index (Phi) is 3.27. The van der Waals surface area contributed by atoms with Crippen LogP contribution in [0.5, 0.6) is 0 Å². The molecule has 0 spiro atoms. The molecule has 0 aliphatic rings. The van der Waals surface area contributed by atoms with Crippen LogP contribution in [0.2, 0.25) is 0 Å². The standard InChI is InChI=1S/C12H15N3O2/c1-3-15-10(7-9(2)14-15)8-13-12(16)11-5-4-6-17-11/h4-7H,3,8H2,1-2H3,(H,13,16). The second-order valence-corrected chi connectivity index (χ2v) is 3.75. The summed E-state index contributed by atoms with van der Waals surface area (Å²) >= 11 is 0. The van der Waals surface area contributed by atoms with Gasteiger partial charge in [0.1, 0.15) is 0 Å². The van der Waals surface area contributed by atoms with Crippen molar-refractivity contribution in [3.63, 3.8) is 0 Å². The number of amides is 1. The van der Waals surface area contributed by atoms with Crippen LogP contribution in [0, 0.1) is 6.92 Å². The number of nitrogens with zero attached hydrogens (tertiary/aromatic N) is 2. The first-order valence-corrected chi connectivity index (χ1v) is 5.55. The molecule has 90 valence electrons. The van der Waals surface area contributed by atoms with Gasteiger partial charge in [0, 0.05) is 6.54 Å². The second-order valence-electron chi connectivity index (χ2n) is 3.75. The largest absolute Gasteiger partial charge is 0.459 e. The van der Waals surface area contributed by atoms with Gasteiger partial charge in [0.2, 0.25) is 0 Å². The number of carbonyl (C=O) groups is 1. The monoisotopic (exact) mass is 233 g/mol. The van der Waals surface area contributed by atoms with E-state index in [1.165, 1.54) is 6.26 Å². The molecule has 0 aliphatic heterocycles. The molecule has 2 aromatic heterocycles. The molecule has 0 saturated carbocycles. The van der Waals surface area contributed by atoms with Crippen molar-refractivity contribution in [3.05, 3.63) is 41.6 Å². The Bertz CT molecular complexity index is 500. The van der Waals surface area contributed by atoms with Crippen LogP contribution in [0.15, 0.2) is 28.9 Å². The van der Waals surface area contributed by atoms with Crippen molar-refractivity contribution >= 4 is 5.91 Å². The maximum absolute atomic E-state index is 11.7. The number of rotatable bonds is 4. The van der Waals surface area contributed by atoms with Gasteiger partial charge in [0.05, 0.1) is 24.2 Å². The van der Waals surface area contributed by atoms with E-state index in [1.807, 2.05) is 24.6 Å². The van der Waals surface area contributed by atoms with Crippen molar-refractivity contribution in [2.45, 2.75) is 26.9 Å². The van der Waals surface area contributed by atoms with Crippen LogP contribution < -0.4 is 5.32 Å². The lowest BCUT2D eigenvalue weighted by Gasteiger charge is -2.05. The van der Waals surface area contributed by atoms with Crippen molar-refractivity contribution < 1.29 is 9.21 Å². The zero-order chi connectivity index (χ0) is 12.3. The molecule has 0 aliphatic carbocycles. The summed E-state index contributed by atoms with van der Waals surface area (Å²) in [7, 11) is 0. The number of furan rings is 1. The maximum Gasteiger partial charge on any atom is 0.287 e. The van der Waals surface area contributed by atoms with E-state index in [2.05, 4.69) is 10.4 Å². The van der Waals surface area contributed by atoms with Crippen LogP contribution in [0.25, 0.3) is 0 Å². The molecule has 2 rings (SSSR count). The van der Waals surface area contributed by atoms with Gasteiger partial charge in [-0.15, -0.1) is 0 Å². The van der Waals surface area contributed by atoms with Crippen molar-refractivity contribution in [2.24, 2.45) is 0 Å². The lowest BCUT2D eigenvalue weighted by Crippen LogP contribution is -2.23. The van der Waals surface area contributed by atoms with Gasteiger partial charge in [-0.25, -0.2) is 0 Å². The highest BCUT2D eigenvalue weighted by Crippen LogP contribution is 2.05. The Morgan fingerprint density at radius 2 is 2.41 bits per heavy atom. The minimum absolute atomic E-state index is 0.212. The number of nitrogens with one attached hydrogen (secondary N) is 1. The fraction of sp³-hybridized carbons (Fsp3) is 0.333. The molecule has 2 heterocycles. The molecular weight excluding hydrogens is 218 g/mol. The molecule has 5 heteroatoms. The summed E-state index contributed by atoms with van der Waals surface area (Å²) in [5.74, 6) is 0.112. The van der Waals surface area contributed by atoms with Crippen LogP contribution >= 0.6 is 0 Å². The average molecular weight is 233 g/mol. The van der Waals surface area contributed by atoms with Crippen molar-refractivity contribution in [1.29, 1.82) is 0 Å². The number of hydrogen-bond acceptors (Lipinski definition) is 3. The molecule has 0 fully saturated rings. The molecule has 0 saturated heterocycles. The molecule has 0 radical (unpaired) electrons. The first-order valence-electron chi connectivity index (χ1n) is 5.55. The third kappa shape index (κ3) is 2.55. The first-order chi connectivity index (χ1) is 8.20. The van der Waals surface area contributed by atoms with E-state index in [4.69, 9.17) is 4.42 Å². The molecule has 17 heavy (non-hydrogen) atoms. The van der Waals surface area contributed by atoms with E-state index in [0.29, 0.717) is 12.3 Å². The smallest absolute Gasteiger partial charge is 0.287 e. The summed E-state index contributed by atoms with van der Waals surface area (Å²) in [5, 5.41) is 7.11. The Morgan fingerprint density at radius 1 is 1.59 bits per heavy atom. The van der Waals surface area contributed by atoms with Crippen LogP contribution in [-0.2, 0) is 13.1 Å². The second kappa shape index (κ2) is 4.86. The Hall–Kier alpha value is -2.04. The highest BCUT2D eigenvalue weighted by Gasteiger charge is 2.09. The Balaban J connectivity index is 2.00. The highest BCUT2D eigenvalue weighted by molar-refractivity contribution is 5.91. The van der Waals surface area contributed by atoms with Crippen LogP contribution in [0.3, 0.4) is 0 Å². The summed E-state index contributed by atoms with van der Waals surface area (Å²) in [4.78, 5) is 11.7. The van der Waals surface area contributed by atoms with E-state index >= 15 is 0 Å². The Labute approximate surface area is 99.4 Å². The minimum Gasteiger partial charge on any atom is -0.459 e. The van der Waals surface area contributed by atoms with Crippen molar-refractivity contribution in [2.75, 3.05) is 0 Å². The number of aryl methyl sites for hydroxylation is 2. The van der Waals surface area contributed by atoms with Gasteiger partial charge in [-0.3, -0.25) is 9.48 Å². The SMILES string of the molecule is CCn1nc(C)cc1CNC(=O)c1ccco1. The summed E-state index contributed by atoms with van der Waals surface area (Å²) in [6.45, 7) is 5.20. The van der Waals surface area contributed by atoms with E-state index in [0.717, 1.165) is 17.9 Å². The summed E-state index contributed by atoms with van der Waals surface area (Å²) in [6, 6.07) is 5.29. The van der Waals surface area contributed by atoms with Crippen LogP contribution in [0.4, 0.5) is 0 Å². The molecule has 0 unspecified atom stereocenters. The van der Waals surface area contributed by atoms with E-state index in [-0.39, 0.29) is 5.91 Å². The molecular formula is C12H15N3O2. The zero-order valence-electron chi connectivity index (χ0n) is 9.93. The molecule has 0 aromatic carbocycles. The average Bonchev–Trinajstić information content (AvgIpc) is 2.94. The lowest BCUT2D eigenvalue weighted by molar-refractivity contribution is 0.0922. The van der Waals surface area contributed by atoms with Gasteiger partial charge in [0.25, 0.3) is 5.91 Å². The minimum atomic E-state index is -0.212. The molecule has 0 bridgehead atoms. The number of aromatic nitrogens is 2. The highest BCUT2D eigenvalue weighted by atomic mass is 16.3. The van der Waals surface area contributed by atoms with Crippen molar-refractivity contribution in [1.82, 2.24) is 15.1 Å². The van der Waals surface area contributed by atoms with Crippen molar-refractivity contribution in [3.8, 4) is 0 Å². The predicted octanol–water partition coefficient (Wildman–Crippen LogP) is 1.73. The first kappa shape index (κ1) is 11.4. The normalized spacial score (nSPS) is 10.5. The number of hydrogen-bond donors (Lipinski definition) is 1. The molecule has 1 amide bonds. The fourth-order valence-corrected chi connectivity index (χ4v) is 1.68. The van der Waals surface area contributed by atoms with Gasteiger partial charge in [0.15, 0.2) is 5.76 Å². The predicted molar refractivity (Wildman–Crippen MR) is 62.5 cm³/mol. The molecule has 5 nitrogen and oxygen atoms in total. The molecule has 1 N–H and O–H groups in total. The summed E-state index contributed by atoms with van der Waals surface area (Å²) in [5.41, 5.74) is 1.94.